The topological polar surface area (TPSA) is 74.5 Å². The van der Waals surface area contributed by atoms with Gasteiger partial charge in [0.25, 0.3) is 5.91 Å². The molecule has 7 nitrogen and oxygen atoms in total. The van der Waals surface area contributed by atoms with Crippen LogP contribution in [0.25, 0.3) is 0 Å². The van der Waals surface area contributed by atoms with Crippen molar-refractivity contribution in [2.75, 3.05) is 43.3 Å². The number of carbonyl (C=O) groups excluding carboxylic acids is 1. The van der Waals surface area contributed by atoms with Crippen LogP contribution in [-0.4, -0.2) is 44.1 Å². The van der Waals surface area contributed by atoms with Crippen molar-refractivity contribution in [1.82, 2.24) is 9.97 Å². The second-order valence-electron chi connectivity index (χ2n) is 4.63. The number of nitrogens with zero attached hydrogens (tertiary/aromatic N) is 4. The van der Waals surface area contributed by atoms with Crippen molar-refractivity contribution in [3.63, 3.8) is 0 Å². The molecule has 0 fully saturated rings. The summed E-state index contributed by atoms with van der Waals surface area (Å²) in [6, 6.07) is 3.26. The lowest BCUT2D eigenvalue weighted by Gasteiger charge is -2.19. The fourth-order valence-electron chi connectivity index (χ4n) is 1.60. The summed E-state index contributed by atoms with van der Waals surface area (Å²) in [6.07, 6.45) is 3.03. The van der Waals surface area contributed by atoms with Gasteiger partial charge in [-0.3, -0.25) is 4.79 Å². The van der Waals surface area contributed by atoms with Crippen LogP contribution in [0.2, 0.25) is 0 Å². The molecule has 0 saturated carbocycles. The second-order valence-corrected chi connectivity index (χ2v) is 4.63. The number of hydrogen-bond donors (Lipinski definition) is 1. The summed E-state index contributed by atoms with van der Waals surface area (Å²) in [5.41, 5.74) is 0.530. The molecule has 2 rings (SSSR count). The third-order valence-electron chi connectivity index (χ3n) is 2.57. The largest absolute Gasteiger partial charge is 0.459 e. The summed E-state index contributed by atoms with van der Waals surface area (Å²) in [6.45, 7) is 0. The van der Waals surface area contributed by atoms with Gasteiger partial charge in [0.2, 0.25) is 5.95 Å². The van der Waals surface area contributed by atoms with E-state index < -0.39 is 0 Å². The van der Waals surface area contributed by atoms with E-state index in [0.717, 1.165) is 0 Å². The lowest BCUT2D eigenvalue weighted by Crippen LogP contribution is -2.20. The second kappa shape index (κ2) is 5.60. The Labute approximate surface area is 117 Å². The maximum Gasteiger partial charge on any atom is 0.291 e. The molecule has 0 spiro atoms. The van der Waals surface area contributed by atoms with Gasteiger partial charge in [-0.15, -0.1) is 0 Å². The molecule has 0 aromatic carbocycles. The van der Waals surface area contributed by atoms with E-state index in [-0.39, 0.29) is 11.7 Å². The molecule has 0 radical (unpaired) electrons. The molecule has 0 unspecified atom stereocenters. The fraction of sp³-hybridized carbons (Fsp3) is 0.308. The van der Waals surface area contributed by atoms with Crippen molar-refractivity contribution in [2.24, 2.45) is 0 Å². The first-order valence-corrected chi connectivity index (χ1v) is 6.05. The Kier molecular flexibility index (Phi) is 3.88. The van der Waals surface area contributed by atoms with Gasteiger partial charge in [0.05, 0.1) is 12.5 Å². The molecule has 0 bridgehead atoms. The molecule has 0 aliphatic carbocycles. The number of furan rings is 1. The Morgan fingerprint density at radius 3 is 2.55 bits per heavy atom. The zero-order valence-corrected chi connectivity index (χ0v) is 11.9. The van der Waals surface area contributed by atoms with Crippen molar-refractivity contribution in [3.8, 4) is 0 Å². The van der Waals surface area contributed by atoms with Crippen LogP contribution in [0.15, 0.2) is 29.0 Å². The number of carbonyl (C=O) groups is 1. The van der Waals surface area contributed by atoms with Gasteiger partial charge < -0.3 is 19.5 Å². The average Bonchev–Trinajstić information content (AvgIpc) is 2.92. The van der Waals surface area contributed by atoms with Crippen LogP contribution in [0.3, 0.4) is 0 Å². The van der Waals surface area contributed by atoms with Crippen LogP contribution in [0.5, 0.6) is 0 Å². The quantitative estimate of drug-likeness (QED) is 0.910. The Morgan fingerprint density at radius 1 is 1.25 bits per heavy atom. The average molecular weight is 275 g/mol. The number of anilines is 3. The molecule has 2 aromatic rings. The van der Waals surface area contributed by atoms with Gasteiger partial charge in [-0.05, 0) is 12.1 Å². The summed E-state index contributed by atoms with van der Waals surface area (Å²) >= 11 is 0. The normalized spacial score (nSPS) is 10.2. The summed E-state index contributed by atoms with van der Waals surface area (Å²) in [5.74, 6) is 1.11. The monoisotopic (exact) mass is 275 g/mol. The van der Waals surface area contributed by atoms with Crippen LogP contribution < -0.4 is 15.1 Å². The van der Waals surface area contributed by atoms with Crippen LogP contribution in [0.1, 0.15) is 10.6 Å². The van der Waals surface area contributed by atoms with Gasteiger partial charge in [0, 0.05) is 28.2 Å². The van der Waals surface area contributed by atoms with E-state index in [1.807, 2.05) is 33.1 Å². The van der Waals surface area contributed by atoms with E-state index >= 15 is 0 Å². The minimum absolute atomic E-state index is 0.242. The van der Waals surface area contributed by atoms with E-state index in [2.05, 4.69) is 15.3 Å². The van der Waals surface area contributed by atoms with Crippen molar-refractivity contribution in [2.45, 2.75) is 0 Å². The van der Waals surface area contributed by atoms with Crippen molar-refractivity contribution in [1.29, 1.82) is 0 Å². The third kappa shape index (κ3) is 2.87. The van der Waals surface area contributed by atoms with E-state index in [9.17, 15) is 4.79 Å². The van der Waals surface area contributed by atoms with Gasteiger partial charge in [-0.25, -0.2) is 4.98 Å². The zero-order chi connectivity index (χ0) is 14.7. The first-order chi connectivity index (χ1) is 9.49. The number of nitrogens with one attached hydrogen (secondary N) is 1. The molecule has 0 saturated heterocycles. The summed E-state index contributed by atoms with van der Waals surface area (Å²) in [7, 11) is 7.42. The van der Waals surface area contributed by atoms with Crippen molar-refractivity contribution < 1.29 is 9.21 Å². The standard InChI is InChI=1S/C13H17N5O2/c1-17(2)11-9(8-14-13(16-11)18(3)4)15-12(19)10-6-5-7-20-10/h5-8H,1-4H3,(H,15,19). The van der Waals surface area contributed by atoms with Gasteiger partial charge in [-0.2, -0.15) is 4.98 Å². The SMILES string of the molecule is CN(C)c1ncc(NC(=O)c2ccco2)c(N(C)C)n1. The Morgan fingerprint density at radius 2 is 2.00 bits per heavy atom. The number of amides is 1. The lowest BCUT2D eigenvalue weighted by molar-refractivity contribution is 0.0996. The van der Waals surface area contributed by atoms with Crippen LogP contribution in [0.4, 0.5) is 17.5 Å². The highest BCUT2D eigenvalue weighted by atomic mass is 16.3. The molecule has 0 aliphatic rings. The van der Waals surface area contributed by atoms with Gasteiger partial charge in [0.15, 0.2) is 11.6 Å². The van der Waals surface area contributed by atoms with E-state index in [4.69, 9.17) is 4.42 Å². The first-order valence-electron chi connectivity index (χ1n) is 6.05. The summed E-state index contributed by atoms with van der Waals surface area (Å²) in [4.78, 5) is 24.2. The van der Waals surface area contributed by atoms with Crippen molar-refractivity contribution in [3.05, 3.63) is 30.4 Å². The summed E-state index contributed by atoms with van der Waals surface area (Å²) in [5, 5.41) is 2.74. The Bertz CT molecular complexity index is 593. The molecule has 20 heavy (non-hydrogen) atoms. The minimum Gasteiger partial charge on any atom is -0.459 e. The smallest absolute Gasteiger partial charge is 0.291 e. The van der Waals surface area contributed by atoms with E-state index in [1.54, 1.807) is 23.2 Å². The molecule has 1 N–H and O–H groups in total. The predicted octanol–water partition coefficient (Wildman–Crippen LogP) is 1.45. The predicted molar refractivity (Wildman–Crippen MR) is 77.3 cm³/mol. The third-order valence-corrected chi connectivity index (χ3v) is 2.57. The molecule has 0 aliphatic heterocycles. The van der Waals surface area contributed by atoms with Crippen molar-refractivity contribution >= 4 is 23.4 Å². The highest BCUT2D eigenvalue weighted by molar-refractivity contribution is 6.03. The van der Waals surface area contributed by atoms with Gasteiger partial charge >= 0.3 is 0 Å². The highest BCUT2D eigenvalue weighted by Crippen LogP contribution is 2.23. The zero-order valence-electron chi connectivity index (χ0n) is 11.9. The van der Waals surface area contributed by atoms with Crippen LogP contribution in [-0.2, 0) is 0 Å². The molecule has 2 aromatic heterocycles. The van der Waals surface area contributed by atoms with E-state index in [1.165, 1.54) is 6.26 Å². The molecule has 2 heterocycles. The highest BCUT2D eigenvalue weighted by Gasteiger charge is 2.15. The summed E-state index contributed by atoms with van der Waals surface area (Å²) < 4.78 is 5.06. The Balaban J connectivity index is 2.29. The number of aromatic nitrogens is 2. The molecule has 106 valence electrons. The van der Waals surface area contributed by atoms with Gasteiger partial charge in [-0.1, -0.05) is 0 Å². The fourth-order valence-corrected chi connectivity index (χ4v) is 1.60. The molecule has 7 heteroatoms. The molecule has 0 atom stereocenters. The number of hydrogen-bond acceptors (Lipinski definition) is 6. The maximum absolute atomic E-state index is 12.0. The molecule has 1 amide bonds. The number of rotatable bonds is 4. The Hall–Kier alpha value is -2.57. The molecular weight excluding hydrogens is 258 g/mol. The molecular formula is C13H17N5O2. The first kappa shape index (κ1) is 13.9. The lowest BCUT2D eigenvalue weighted by atomic mass is 10.3. The maximum atomic E-state index is 12.0. The minimum atomic E-state index is -0.334. The van der Waals surface area contributed by atoms with Crippen LogP contribution >= 0.6 is 0 Å². The van der Waals surface area contributed by atoms with Crippen LogP contribution in [0, 0.1) is 0 Å². The van der Waals surface area contributed by atoms with Gasteiger partial charge in [0.1, 0.15) is 5.69 Å². The van der Waals surface area contributed by atoms with E-state index in [0.29, 0.717) is 17.5 Å².